The van der Waals surface area contributed by atoms with Crippen LogP contribution in [0.4, 0.5) is 5.69 Å². The molecule has 5 nitrogen and oxygen atoms in total. The summed E-state index contributed by atoms with van der Waals surface area (Å²) in [5.74, 6) is 1.10. The minimum absolute atomic E-state index is 0.233. The van der Waals surface area contributed by atoms with Crippen LogP contribution in [0.5, 0.6) is 5.75 Å². The zero-order valence-corrected chi connectivity index (χ0v) is 16.2. The molecule has 144 valence electrons. The Morgan fingerprint density at radius 3 is 2.33 bits per heavy atom. The maximum Gasteiger partial charge on any atom is 0.223 e. The Kier molecular flexibility index (Phi) is 6.71. The van der Waals surface area contributed by atoms with E-state index in [1.807, 2.05) is 35.2 Å². The fourth-order valence-corrected chi connectivity index (χ4v) is 3.42. The molecule has 3 rings (SSSR count). The number of ether oxygens (including phenoxy) is 1. The molecule has 1 aliphatic heterocycles. The van der Waals surface area contributed by atoms with Crippen LogP contribution < -0.4 is 15.0 Å². The van der Waals surface area contributed by atoms with Gasteiger partial charge in [-0.3, -0.25) is 4.79 Å². The Bertz CT molecular complexity index is 710. The van der Waals surface area contributed by atoms with Crippen LogP contribution in [0.2, 0.25) is 0 Å². The zero-order chi connectivity index (χ0) is 19.1. The second-order valence-corrected chi connectivity index (χ2v) is 6.90. The molecule has 2 aromatic rings. The summed E-state index contributed by atoms with van der Waals surface area (Å²) in [5.41, 5.74) is 2.43. The highest BCUT2D eigenvalue weighted by molar-refractivity contribution is 5.76. The molecule has 5 heteroatoms. The van der Waals surface area contributed by atoms with Gasteiger partial charge in [-0.1, -0.05) is 30.3 Å². The second-order valence-electron chi connectivity index (χ2n) is 6.90. The lowest BCUT2D eigenvalue weighted by Gasteiger charge is -2.36. The number of benzene rings is 2. The molecule has 1 fully saturated rings. The average Bonchev–Trinajstić information content (AvgIpc) is 2.74. The van der Waals surface area contributed by atoms with E-state index in [2.05, 4.69) is 41.4 Å². The lowest BCUT2D eigenvalue weighted by atomic mass is 10.1. The van der Waals surface area contributed by atoms with Crippen molar-refractivity contribution < 1.29 is 9.53 Å². The highest BCUT2D eigenvalue weighted by atomic mass is 16.5. The van der Waals surface area contributed by atoms with E-state index in [4.69, 9.17) is 4.74 Å². The summed E-state index contributed by atoms with van der Waals surface area (Å²) in [6, 6.07) is 18.7. The lowest BCUT2D eigenvalue weighted by molar-refractivity contribution is -0.131. The Balaban J connectivity index is 1.40. The molecule has 1 unspecified atom stereocenters. The van der Waals surface area contributed by atoms with Crippen LogP contribution in [0.25, 0.3) is 0 Å². The molecule has 27 heavy (non-hydrogen) atoms. The zero-order valence-electron chi connectivity index (χ0n) is 16.2. The molecule has 0 radical (unpaired) electrons. The summed E-state index contributed by atoms with van der Waals surface area (Å²) in [6.45, 7) is 6.12. The highest BCUT2D eigenvalue weighted by Crippen LogP contribution is 2.20. The summed E-state index contributed by atoms with van der Waals surface area (Å²) in [4.78, 5) is 16.8. The van der Waals surface area contributed by atoms with Crippen LogP contribution in [0.3, 0.4) is 0 Å². The van der Waals surface area contributed by atoms with Crippen LogP contribution >= 0.6 is 0 Å². The van der Waals surface area contributed by atoms with Gasteiger partial charge in [-0.25, -0.2) is 0 Å². The van der Waals surface area contributed by atoms with Gasteiger partial charge in [0, 0.05) is 50.9 Å². The van der Waals surface area contributed by atoms with Crippen molar-refractivity contribution in [2.24, 2.45) is 0 Å². The molecule has 2 aromatic carbocycles. The maximum atomic E-state index is 12.5. The van der Waals surface area contributed by atoms with Crippen molar-refractivity contribution in [1.82, 2.24) is 10.2 Å². The summed E-state index contributed by atoms with van der Waals surface area (Å²) in [7, 11) is 1.68. The van der Waals surface area contributed by atoms with Crippen molar-refractivity contribution in [2.75, 3.05) is 44.7 Å². The van der Waals surface area contributed by atoms with E-state index in [1.54, 1.807) is 7.11 Å². The third-order valence-electron chi connectivity index (χ3n) is 5.16. The van der Waals surface area contributed by atoms with Crippen LogP contribution in [0, 0.1) is 0 Å². The largest absolute Gasteiger partial charge is 0.497 e. The molecule has 1 saturated heterocycles. The standard InChI is InChI=1S/C22H29N3O2/c1-18(19-6-4-3-5-7-19)23-13-12-22(26)25-16-14-24(15-17-25)20-8-10-21(27-2)11-9-20/h3-11,18,23H,12-17H2,1-2H3. The molecular formula is C22H29N3O2. The van der Waals surface area contributed by atoms with Gasteiger partial charge in [0.15, 0.2) is 0 Å². The molecule has 0 spiro atoms. The topological polar surface area (TPSA) is 44.8 Å². The van der Waals surface area contributed by atoms with Crippen LogP contribution in [-0.4, -0.2) is 50.6 Å². The number of hydrogen-bond acceptors (Lipinski definition) is 4. The molecule has 0 aromatic heterocycles. The van der Waals surface area contributed by atoms with Gasteiger partial charge in [-0.15, -0.1) is 0 Å². The molecule has 1 N–H and O–H groups in total. The fraction of sp³-hybridized carbons (Fsp3) is 0.409. The molecule has 0 bridgehead atoms. The second kappa shape index (κ2) is 9.42. The van der Waals surface area contributed by atoms with Crippen molar-refractivity contribution in [3.63, 3.8) is 0 Å². The number of amides is 1. The number of carbonyl (C=O) groups excluding carboxylic acids is 1. The number of nitrogens with zero attached hydrogens (tertiary/aromatic N) is 2. The molecule has 1 atom stereocenters. The summed E-state index contributed by atoms with van der Waals surface area (Å²) >= 11 is 0. The summed E-state index contributed by atoms with van der Waals surface area (Å²) in [6.07, 6.45) is 0.541. The lowest BCUT2D eigenvalue weighted by Crippen LogP contribution is -2.49. The third kappa shape index (κ3) is 5.23. The monoisotopic (exact) mass is 367 g/mol. The molecule has 1 aliphatic rings. The number of methoxy groups -OCH3 is 1. The van der Waals surface area contributed by atoms with Crippen LogP contribution in [-0.2, 0) is 4.79 Å². The Hall–Kier alpha value is -2.53. The normalized spacial score (nSPS) is 15.5. The minimum atomic E-state index is 0.233. The molecule has 0 saturated carbocycles. The highest BCUT2D eigenvalue weighted by Gasteiger charge is 2.21. The predicted molar refractivity (Wildman–Crippen MR) is 109 cm³/mol. The SMILES string of the molecule is COc1ccc(N2CCN(C(=O)CCNC(C)c3ccccc3)CC2)cc1. The molecular weight excluding hydrogens is 338 g/mol. The smallest absolute Gasteiger partial charge is 0.223 e. The van der Waals surface area contributed by atoms with E-state index >= 15 is 0 Å². The van der Waals surface area contributed by atoms with Gasteiger partial charge < -0.3 is 19.9 Å². The predicted octanol–water partition coefficient (Wildman–Crippen LogP) is 3.08. The van der Waals surface area contributed by atoms with Gasteiger partial charge in [0.1, 0.15) is 5.75 Å². The number of anilines is 1. The van der Waals surface area contributed by atoms with Gasteiger partial charge in [0.25, 0.3) is 0 Å². The quantitative estimate of drug-likeness (QED) is 0.817. The van der Waals surface area contributed by atoms with Gasteiger partial charge in [-0.2, -0.15) is 0 Å². The van der Waals surface area contributed by atoms with E-state index in [1.165, 1.54) is 11.3 Å². The fourth-order valence-electron chi connectivity index (χ4n) is 3.42. The number of piperazine rings is 1. The van der Waals surface area contributed by atoms with Gasteiger partial charge in [-0.05, 0) is 36.8 Å². The first kappa shape index (κ1) is 19.2. The van der Waals surface area contributed by atoms with E-state index in [-0.39, 0.29) is 11.9 Å². The van der Waals surface area contributed by atoms with Crippen molar-refractivity contribution in [3.05, 3.63) is 60.2 Å². The number of carbonyl (C=O) groups is 1. The van der Waals surface area contributed by atoms with E-state index in [9.17, 15) is 4.79 Å². The van der Waals surface area contributed by atoms with Crippen LogP contribution in [0.1, 0.15) is 24.9 Å². The Morgan fingerprint density at radius 2 is 1.70 bits per heavy atom. The molecule has 1 amide bonds. The first-order valence-electron chi connectivity index (χ1n) is 9.62. The first-order valence-corrected chi connectivity index (χ1v) is 9.62. The van der Waals surface area contributed by atoms with Gasteiger partial charge in [0.05, 0.1) is 7.11 Å². The maximum absolute atomic E-state index is 12.5. The first-order chi connectivity index (χ1) is 13.2. The van der Waals surface area contributed by atoms with Crippen LogP contribution in [0.15, 0.2) is 54.6 Å². The summed E-state index contributed by atoms with van der Waals surface area (Å²) < 4.78 is 5.21. The summed E-state index contributed by atoms with van der Waals surface area (Å²) in [5, 5.41) is 3.44. The molecule has 0 aliphatic carbocycles. The van der Waals surface area contributed by atoms with E-state index in [0.717, 1.165) is 31.9 Å². The third-order valence-corrected chi connectivity index (χ3v) is 5.16. The average molecular weight is 367 g/mol. The van der Waals surface area contributed by atoms with Crippen molar-refractivity contribution in [2.45, 2.75) is 19.4 Å². The molecule has 1 heterocycles. The van der Waals surface area contributed by atoms with Crippen molar-refractivity contribution in [3.8, 4) is 5.75 Å². The van der Waals surface area contributed by atoms with Crippen molar-refractivity contribution >= 4 is 11.6 Å². The number of nitrogens with one attached hydrogen (secondary N) is 1. The van der Waals surface area contributed by atoms with E-state index in [0.29, 0.717) is 13.0 Å². The van der Waals surface area contributed by atoms with Gasteiger partial charge in [0.2, 0.25) is 5.91 Å². The van der Waals surface area contributed by atoms with E-state index < -0.39 is 0 Å². The Morgan fingerprint density at radius 1 is 1.04 bits per heavy atom. The minimum Gasteiger partial charge on any atom is -0.497 e. The number of hydrogen-bond donors (Lipinski definition) is 1. The number of rotatable bonds is 7. The Labute approximate surface area is 161 Å². The van der Waals surface area contributed by atoms with Gasteiger partial charge >= 0.3 is 0 Å². The van der Waals surface area contributed by atoms with Crippen molar-refractivity contribution in [1.29, 1.82) is 0 Å².